The summed E-state index contributed by atoms with van der Waals surface area (Å²) in [5.41, 5.74) is 6.78. The fourth-order valence-electron chi connectivity index (χ4n) is 2.02. The molecule has 0 atom stereocenters. The maximum Gasteiger partial charge on any atom is 0.204 e. The fraction of sp³-hybridized carbons (Fsp3) is 0.125. The lowest BCUT2D eigenvalue weighted by molar-refractivity contribution is 0.628. The van der Waals surface area contributed by atoms with E-state index in [0.29, 0.717) is 0 Å². The maximum absolute atomic E-state index is 12.9. The van der Waals surface area contributed by atoms with Gasteiger partial charge < -0.3 is 0 Å². The summed E-state index contributed by atoms with van der Waals surface area (Å²) in [5.74, 6) is -0.249. The predicted molar refractivity (Wildman–Crippen MR) is 86.6 cm³/mol. The maximum atomic E-state index is 12.9. The molecule has 0 fully saturated rings. The van der Waals surface area contributed by atoms with Gasteiger partial charge in [-0.05, 0) is 43.2 Å². The van der Waals surface area contributed by atoms with Gasteiger partial charge >= 0.3 is 0 Å². The lowest BCUT2D eigenvalue weighted by Gasteiger charge is -2.00. The highest BCUT2D eigenvalue weighted by atomic mass is 32.1. The molecular weight excluding hydrogens is 285 g/mol. The lowest BCUT2D eigenvalue weighted by Crippen LogP contribution is -1.99. The third-order valence-corrected chi connectivity index (χ3v) is 4.13. The SMILES string of the molecule is C/C(=N\Nc1nc2c(C)cccc2s1)c1ccc(F)cc1. The van der Waals surface area contributed by atoms with E-state index < -0.39 is 0 Å². The Hall–Kier alpha value is -2.27. The number of benzene rings is 2. The van der Waals surface area contributed by atoms with Crippen LogP contribution in [-0.4, -0.2) is 10.7 Å². The van der Waals surface area contributed by atoms with Crippen LogP contribution in [0.1, 0.15) is 18.1 Å². The van der Waals surface area contributed by atoms with E-state index in [1.54, 1.807) is 23.5 Å². The Labute approximate surface area is 126 Å². The van der Waals surface area contributed by atoms with Gasteiger partial charge in [0.25, 0.3) is 0 Å². The monoisotopic (exact) mass is 299 g/mol. The molecule has 0 spiro atoms. The van der Waals surface area contributed by atoms with Crippen LogP contribution in [0.5, 0.6) is 0 Å². The molecule has 1 heterocycles. The smallest absolute Gasteiger partial charge is 0.204 e. The summed E-state index contributed by atoms with van der Waals surface area (Å²) in [6.07, 6.45) is 0. The minimum Gasteiger partial charge on any atom is -0.252 e. The Morgan fingerprint density at radius 3 is 2.67 bits per heavy atom. The lowest BCUT2D eigenvalue weighted by atomic mass is 10.1. The molecule has 0 saturated carbocycles. The number of rotatable bonds is 3. The minimum absolute atomic E-state index is 0.249. The third-order valence-electron chi connectivity index (χ3n) is 3.20. The highest BCUT2D eigenvalue weighted by Crippen LogP contribution is 2.27. The van der Waals surface area contributed by atoms with Crippen LogP contribution in [0.3, 0.4) is 0 Å². The van der Waals surface area contributed by atoms with Crippen molar-refractivity contribution >= 4 is 32.4 Å². The number of hydrogen-bond donors (Lipinski definition) is 1. The molecule has 0 saturated heterocycles. The Balaban J connectivity index is 1.83. The second kappa shape index (κ2) is 5.61. The van der Waals surface area contributed by atoms with Gasteiger partial charge in [-0.3, -0.25) is 5.43 Å². The van der Waals surface area contributed by atoms with Gasteiger partial charge in [-0.1, -0.05) is 35.6 Å². The molecular formula is C16H14FN3S. The number of para-hydroxylation sites is 1. The van der Waals surface area contributed by atoms with E-state index in [-0.39, 0.29) is 5.82 Å². The molecule has 1 N–H and O–H groups in total. The van der Waals surface area contributed by atoms with Crippen LogP contribution in [0.2, 0.25) is 0 Å². The number of aromatic nitrogens is 1. The minimum atomic E-state index is -0.249. The largest absolute Gasteiger partial charge is 0.252 e. The summed E-state index contributed by atoms with van der Waals surface area (Å²) >= 11 is 1.56. The van der Waals surface area contributed by atoms with E-state index in [0.717, 1.165) is 32.2 Å². The molecule has 3 nitrogen and oxygen atoms in total. The third kappa shape index (κ3) is 2.92. The van der Waals surface area contributed by atoms with Gasteiger partial charge in [-0.15, -0.1) is 0 Å². The molecule has 0 aliphatic rings. The van der Waals surface area contributed by atoms with Gasteiger partial charge in [0.2, 0.25) is 5.13 Å². The number of thiazole rings is 1. The first-order valence-electron chi connectivity index (χ1n) is 6.56. The Morgan fingerprint density at radius 1 is 1.19 bits per heavy atom. The van der Waals surface area contributed by atoms with E-state index in [1.807, 2.05) is 32.0 Å². The molecule has 1 aromatic heterocycles. The van der Waals surface area contributed by atoms with Crippen molar-refractivity contribution in [2.75, 3.05) is 5.43 Å². The zero-order chi connectivity index (χ0) is 14.8. The molecule has 0 unspecified atom stereocenters. The van der Waals surface area contributed by atoms with Crippen LogP contribution < -0.4 is 5.43 Å². The summed E-state index contributed by atoms with van der Waals surface area (Å²) in [6.45, 7) is 3.91. The molecule has 0 aliphatic heterocycles. The van der Waals surface area contributed by atoms with E-state index in [4.69, 9.17) is 0 Å². The first-order valence-corrected chi connectivity index (χ1v) is 7.37. The number of anilines is 1. The first-order chi connectivity index (χ1) is 10.1. The van der Waals surface area contributed by atoms with Crippen molar-refractivity contribution in [2.24, 2.45) is 5.10 Å². The fourth-order valence-corrected chi connectivity index (χ4v) is 2.91. The number of hydrogen-bond acceptors (Lipinski definition) is 4. The number of aryl methyl sites for hydroxylation is 1. The van der Waals surface area contributed by atoms with Crippen molar-refractivity contribution in [3.05, 3.63) is 59.4 Å². The van der Waals surface area contributed by atoms with Crippen molar-refractivity contribution in [3.63, 3.8) is 0 Å². The molecule has 0 aliphatic carbocycles. The molecule has 0 amide bonds. The van der Waals surface area contributed by atoms with Crippen LogP contribution in [0, 0.1) is 12.7 Å². The Kier molecular flexibility index (Phi) is 3.66. The van der Waals surface area contributed by atoms with Crippen molar-refractivity contribution in [2.45, 2.75) is 13.8 Å². The van der Waals surface area contributed by atoms with Gasteiger partial charge in [0.05, 0.1) is 15.9 Å². The standard InChI is InChI=1S/C16H14FN3S/c1-10-4-3-5-14-15(10)18-16(21-14)20-19-11(2)12-6-8-13(17)9-7-12/h3-9H,1-2H3,(H,18,20)/b19-11+. The average molecular weight is 299 g/mol. The summed E-state index contributed by atoms with van der Waals surface area (Å²) in [7, 11) is 0. The number of halogens is 1. The second-order valence-corrected chi connectivity index (χ2v) is 5.79. The highest BCUT2D eigenvalue weighted by molar-refractivity contribution is 7.22. The van der Waals surface area contributed by atoms with Crippen LogP contribution in [0.15, 0.2) is 47.6 Å². The summed E-state index contributed by atoms with van der Waals surface area (Å²) in [5, 5.41) is 5.06. The molecule has 3 rings (SSSR count). The van der Waals surface area contributed by atoms with Gasteiger partial charge in [-0.25, -0.2) is 9.37 Å². The van der Waals surface area contributed by atoms with Gasteiger partial charge in [0, 0.05) is 0 Å². The van der Waals surface area contributed by atoms with E-state index in [9.17, 15) is 4.39 Å². The Bertz CT molecular complexity index is 806. The number of hydrazone groups is 1. The molecule has 21 heavy (non-hydrogen) atoms. The zero-order valence-corrected chi connectivity index (χ0v) is 12.5. The number of nitrogens with zero attached hydrogens (tertiary/aromatic N) is 2. The normalized spacial score (nSPS) is 11.9. The molecule has 0 bridgehead atoms. The van der Waals surface area contributed by atoms with Crippen molar-refractivity contribution in [1.29, 1.82) is 0 Å². The van der Waals surface area contributed by atoms with Crippen molar-refractivity contribution in [1.82, 2.24) is 4.98 Å². The average Bonchev–Trinajstić information content (AvgIpc) is 2.90. The zero-order valence-electron chi connectivity index (χ0n) is 11.7. The van der Waals surface area contributed by atoms with Crippen molar-refractivity contribution in [3.8, 4) is 0 Å². The topological polar surface area (TPSA) is 37.3 Å². The van der Waals surface area contributed by atoms with E-state index in [1.165, 1.54) is 12.1 Å². The molecule has 2 aromatic carbocycles. The van der Waals surface area contributed by atoms with Gasteiger partial charge in [-0.2, -0.15) is 5.10 Å². The molecule has 0 radical (unpaired) electrons. The van der Waals surface area contributed by atoms with Gasteiger partial charge in [0.1, 0.15) is 5.82 Å². The highest BCUT2D eigenvalue weighted by Gasteiger charge is 2.05. The van der Waals surface area contributed by atoms with Crippen LogP contribution in [0.25, 0.3) is 10.2 Å². The van der Waals surface area contributed by atoms with Crippen LogP contribution >= 0.6 is 11.3 Å². The molecule has 5 heteroatoms. The summed E-state index contributed by atoms with van der Waals surface area (Å²) < 4.78 is 14.0. The second-order valence-electron chi connectivity index (χ2n) is 4.76. The van der Waals surface area contributed by atoms with E-state index >= 15 is 0 Å². The van der Waals surface area contributed by atoms with E-state index in [2.05, 4.69) is 15.5 Å². The summed E-state index contributed by atoms with van der Waals surface area (Å²) in [6, 6.07) is 12.4. The number of nitrogens with one attached hydrogen (secondary N) is 1. The van der Waals surface area contributed by atoms with Crippen molar-refractivity contribution < 1.29 is 4.39 Å². The number of fused-ring (bicyclic) bond motifs is 1. The summed E-state index contributed by atoms with van der Waals surface area (Å²) in [4.78, 5) is 4.53. The first kappa shape index (κ1) is 13.7. The quantitative estimate of drug-likeness (QED) is 0.568. The molecule has 106 valence electrons. The van der Waals surface area contributed by atoms with Gasteiger partial charge in [0.15, 0.2) is 0 Å². The van der Waals surface area contributed by atoms with Crippen LogP contribution in [0.4, 0.5) is 9.52 Å². The van der Waals surface area contributed by atoms with Crippen LogP contribution in [-0.2, 0) is 0 Å². The predicted octanol–water partition coefficient (Wildman–Crippen LogP) is 4.58. The Morgan fingerprint density at radius 2 is 1.95 bits per heavy atom. The molecule has 3 aromatic rings.